The Morgan fingerprint density at radius 1 is 0.850 bits per heavy atom. The smallest absolute Gasteiger partial charge is 0.159 e. The van der Waals surface area contributed by atoms with Gasteiger partial charge in [0.15, 0.2) is 5.82 Å². The van der Waals surface area contributed by atoms with Gasteiger partial charge in [-0.3, -0.25) is 20.1 Å². The van der Waals surface area contributed by atoms with E-state index in [2.05, 4.69) is 30.1 Å². The minimum Gasteiger partial charge on any atom is -0.487 e. The summed E-state index contributed by atoms with van der Waals surface area (Å²) in [7, 11) is 0. The van der Waals surface area contributed by atoms with E-state index in [1.54, 1.807) is 31.0 Å². The van der Waals surface area contributed by atoms with Gasteiger partial charge in [0.1, 0.15) is 23.9 Å². The molecule has 7 rings (SSSR count). The van der Waals surface area contributed by atoms with Crippen molar-refractivity contribution in [3.05, 3.63) is 109 Å². The van der Waals surface area contributed by atoms with Crippen LogP contribution in [0.2, 0.25) is 0 Å². The van der Waals surface area contributed by atoms with E-state index >= 15 is 0 Å². The van der Waals surface area contributed by atoms with Crippen LogP contribution >= 0.6 is 0 Å². The highest BCUT2D eigenvalue weighted by atomic mass is 19.1. The first-order valence-electron chi connectivity index (χ1n) is 12.7. The average molecular weight is 528 g/mol. The van der Waals surface area contributed by atoms with Gasteiger partial charge in [0.25, 0.3) is 0 Å². The van der Waals surface area contributed by atoms with E-state index in [-0.39, 0.29) is 5.82 Å². The summed E-state index contributed by atoms with van der Waals surface area (Å²) in [5.74, 6) is 0.921. The summed E-state index contributed by atoms with van der Waals surface area (Å²) in [4.78, 5) is 21.5. The first-order valence-corrected chi connectivity index (χ1v) is 12.7. The third-order valence-electron chi connectivity index (χ3n) is 6.68. The average Bonchev–Trinajstić information content (AvgIpc) is 3.60. The topological polar surface area (TPSA) is 105 Å². The lowest BCUT2D eigenvalue weighted by Crippen LogP contribution is -1.96. The van der Waals surface area contributed by atoms with Crippen molar-refractivity contribution in [1.82, 2.24) is 35.1 Å². The van der Waals surface area contributed by atoms with Gasteiger partial charge in [0.2, 0.25) is 0 Å². The predicted octanol–water partition coefficient (Wildman–Crippen LogP) is 6.65. The number of hydrogen-bond acceptors (Lipinski definition) is 6. The number of H-pyrrole nitrogens is 2. The first kappa shape index (κ1) is 23.7. The molecule has 0 radical (unpaired) electrons. The third kappa shape index (κ3) is 4.43. The molecule has 7 aromatic rings. The van der Waals surface area contributed by atoms with Crippen LogP contribution in [0, 0.1) is 12.7 Å². The molecule has 0 aliphatic rings. The Kier molecular flexibility index (Phi) is 5.74. The quantitative estimate of drug-likeness (QED) is 0.251. The van der Waals surface area contributed by atoms with E-state index in [1.807, 2.05) is 55.5 Å². The summed E-state index contributed by atoms with van der Waals surface area (Å²) >= 11 is 0. The number of rotatable bonds is 6. The van der Waals surface area contributed by atoms with Gasteiger partial charge < -0.3 is 9.72 Å². The third-order valence-corrected chi connectivity index (χ3v) is 6.68. The van der Waals surface area contributed by atoms with Crippen molar-refractivity contribution in [1.29, 1.82) is 0 Å². The van der Waals surface area contributed by atoms with E-state index in [0.717, 1.165) is 44.4 Å². The summed E-state index contributed by atoms with van der Waals surface area (Å²) in [6.45, 7) is 2.31. The van der Waals surface area contributed by atoms with Crippen LogP contribution in [0.15, 0.2) is 91.6 Å². The lowest BCUT2D eigenvalue weighted by molar-refractivity contribution is 0.305. The number of hydrogen-bond donors (Lipinski definition) is 2. The van der Waals surface area contributed by atoms with Crippen LogP contribution in [0.4, 0.5) is 4.39 Å². The Morgan fingerprint density at radius 2 is 1.73 bits per heavy atom. The Bertz CT molecular complexity index is 1980. The molecular formula is C31H22FN7O. The molecule has 8 nitrogen and oxygen atoms in total. The highest BCUT2D eigenvalue weighted by molar-refractivity contribution is 5.97. The van der Waals surface area contributed by atoms with Crippen LogP contribution in [0.25, 0.3) is 55.8 Å². The Morgan fingerprint density at radius 3 is 2.60 bits per heavy atom. The van der Waals surface area contributed by atoms with E-state index in [4.69, 9.17) is 9.72 Å². The first-order chi connectivity index (χ1) is 19.6. The number of aryl methyl sites for hydroxylation is 1. The van der Waals surface area contributed by atoms with Gasteiger partial charge in [-0.2, -0.15) is 5.10 Å². The number of benzene rings is 2. The van der Waals surface area contributed by atoms with Crippen molar-refractivity contribution in [3.8, 4) is 39.7 Å². The van der Waals surface area contributed by atoms with Crippen molar-refractivity contribution in [2.24, 2.45) is 0 Å². The molecule has 40 heavy (non-hydrogen) atoms. The molecule has 0 spiro atoms. The van der Waals surface area contributed by atoms with Gasteiger partial charge in [-0.15, -0.1) is 0 Å². The molecule has 0 unspecified atom stereocenters. The summed E-state index contributed by atoms with van der Waals surface area (Å²) in [6, 6.07) is 18.8. The number of fused-ring (bicyclic) bond motifs is 2. The van der Waals surface area contributed by atoms with Gasteiger partial charge in [0.05, 0.1) is 40.8 Å². The van der Waals surface area contributed by atoms with Crippen LogP contribution in [0.3, 0.4) is 0 Å². The van der Waals surface area contributed by atoms with Gasteiger partial charge >= 0.3 is 0 Å². The second-order valence-electron chi connectivity index (χ2n) is 9.56. The molecule has 0 fully saturated rings. The molecule has 0 saturated heterocycles. The van der Waals surface area contributed by atoms with Gasteiger partial charge in [-0.05, 0) is 47.9 Å². The lowest BCUT2D eigenvalue weighted by atomic mass is 10.0. The molecular weight excluding hydrogens is 505 g/mol. The largest absolute Gasteiger partial charge is 0.487 e. The molecule has 0 atom stereocenters. The highest BCUT2D eigenvalue weighted by Crippen LogP contribution is 2.33. The number of halogens is 1. The molecule has 0 saturated carbocycles. The number of aromatic amines is 2. The number of imidazole rings is 1. The van der Waals surface area contributed by atoms with E-state index in [0.29, 0.717) is 35.0 Å². The number of nitrogens with zero attached hydrogens (tertiary/aromatic N) is 5. The molecule has 2 aromatic carbocycles. The monoisotopic (exact) mass is 527 g/mol. The summed E-state index contributed by atoms with van der Waals surface area (Å²) in [5.41, 5.74) is 7.72. The summed E-state index contributed by atoms with van der Waals surface area (Å²) < 4.78 is 20.1. The maximum atomic E-state index is 14.2. The van der Waals surface area contributed by atoms with Crippen LogP contribution < -0.4 is 4.74 Å². The summed E-state index contributed by atoms with van der Waals surface area (Å²) in [6.07, 6.45) is 8.59. The molecule has 5 heterocycles. The lowest BCUT2D eigenvalue weighted by Gasteiger charge is -2.08. The van der Waals surface area contributed by atoms with Crippen molar-refractivity contribution >= 4 is 21.9 Å². The molecule has 194 valence electrons. The minimum absolute atomic E-state index is 0.301. The maximum absolute atomic E-state index is 14.2. The molecule has 9 heteroatoms. The molecule has 0 bridgehead atoms. The van der Waals surface area contributed by atoms with E-state index in [9.17, 15) is 4.39 Å². The molecule has 5 aromatic heterocycles. The molecule has 0 amide bonds. The highest BCUT2D eigenvalue weighted by Gasteiger charge is 2.17. The predicted molar refractivity (Wildman–Crippen MR) is 151 cm³/mol. The zero-order valence-corrected chi connectivity index (χ0v) is 21.4. The SMILES string of the molecule is Cc1cc(F)cc(-c2cncc3[nH]c(-c4n[nH]c5cnc(-c6cncc(OCc7ccccc7)c6)cc45)nc23)c1. The number of ether oxygens (including phenoxy) is 1. The minimum atomic E-state index is -0.301. The van der Waals surface area contributed by atoms with Crippen molar-refractivity contribution in [2.45, 2.75) is 13.5 Å². The Balaban J connectivity index is 1.25. The maximum Gasteiger partial charge on any atom is 0.159 e. The zero-order chi connectivity index (χ0) is 27.1. The van der Waals surface area contributed by atoms with Crippen molar-refractivity contribution in [2.75, 3.05) is 0 Å². The number of pyridine rings is 3. The fourth-order valence-electron chi connectivity index (χ4n) is 4.78. The van der Waals surface area contributed by atoms with Gasteiger partial charge in [-0.1, -0.05) is 36.4 Å². The summed E-state index contributed by atoms with van der Waals surface area (Å²) in [5, 5.41) is 8.41. The standard InChI is InChI=1S/C31H22FN7O/c1-18-7-20(9-22(32)8-18)25-14-34-15-28-29(25)37-31(36-28)30-24-11-26(35-16-27(24)38-39-30)21-10-23(13-33-12-21)40-17-19-5-3-2-4-6-19/h2-16H,17H2,1H3,(H,36,37)(H,38,39). The van der Waals surface area contributed by atoms with Crippen LogP contribution in [0.1, 0.15) is 11.1 Å². The fraction of sp³-hybridized carbons (Fsp3) is 0.0645. The molecule has 2 N–H and O–H groups in total. The molecule has 0 aliphatic heterocycles. The van der Waals surface area contributed by atoms with E-state index < -0.39 is 0 Å². The van der Waals surface area contributed by atoms with Gasteiger partial charge in [-0.25, -0.2) is 9.37 Å². The van der Waals surface area contributed by atoms with Crippen molar-refractivity contribution in [3.63, 3.8) is 0 Å². The van der Waals surface area contributed by atoms with Crippen LogP contribution in [-0.2, 0) is 6.61 Å². The van der Waals surface area contributed by atoms with Crippen LogP contribution in [-0.4, -0.2) is 35.1 Å². The second kappa shape index (κ2) is 9.70. The van der Waals surface area contributed by atoms with Crippen molar-refractivity contribution < 1.29 is 9.13 Å². The number of nitrogens with one attached hydrogen (secondary N) is 2. The normalized spacial score (nSPS) is 11.3. The fourth-order valence-corrected chi connectivity index (χ4v) is 4.78. The van der Waals surface area contributed by atoms with Gasteiger partial charge in [0, 0.05) is 28.9 Å². The molecule has 0 aliphatic carbocycles. The van der Waals surface area contributed by atoms with Crippen LogP contribution in [0.5, 0.6) is 5.75 Å². The second-order valence-corrected chi connectivity index (χ2v) is 9.56. The Labute approximate surface area is 228 Å². The zero-order valence-electron chi connectivity index (χ0n) is 21.4. The number of aromatic nitrogens is 7. The van der Waals surface area contributed by atoms with E-state index in [1.165, 1.54) is 12.1 Å². The Hall–Kier alpha value is -5.44.